The molecule has 0 atom stereocenters. The van der Waals surface area contributed by atoms with Gasteiger partial charge in [-0.25, -0.2) is 21.1 Å². The van der Waals surface area contributed by atoms with Crippen molar-refractivity contribution in [2.24, 2.45) is 5.92 Å². The SMILES string of the molecule is CN(C)S(=O)(=O)c1ccc(OCCNC(=O)C2CCN(S(=O)(=O)c3ccccc3)CC2)cc1. The minimum Gasteiger partial charge on any atom is -0.492 e. The average Bonchev–Trinajstić information content (AvgIpc) is 2.82. The molecule has 1 N–H and O–H groups in total. The van der Waals surface area contributed by atoms with Gasteiger partial charge in [0.25, 0.3) is 0 Å². The van der Waals surface area contributed by atoms with Crippen molar-refractivity contribution in [3.05, 3.63) is 54.6 Å². The second-order valence-electron chi connectivity index (χ2n) is 7.89. The Morgan fingerprint density at radius 1 is 0.970 bits per heavy atom. The van der Waals surface area contributed by atoms with Gasteiger partial charge in [0.1, 0.15) is 12.4 Å². The third-order valence-electron chi connectivity index (χ3n) is 5.48. The summed E-state index contributed by atoms with van der Waals surface area (Å²) < 4.78 is 57.7. The smallest absolute Gasteiger partial charge is 0.243 e. The molecule has 1 aliphatic rings. The molecule has 1 fully saturated rings. The highest BCUT2D eigenvalue weighted by atomic mass is 32.2. The number of benzene rings is 2. The van der Waals surface area contributed by atoms with E-state index in [4.69, 9.17) is 4.74 Å². The lowest BCUT2D eigenvalue weighted by Crippen LogP contribution is -2.43. The third kappa shape index (κ3) is 6.11. The van der Waals surface area contributed by atoms with Crippen LogP contribution in [0.15, 0.2) is 64.4 Å². The quantitative estimate of drug-likeness (QED) is 0.528. The Hall–Kier alpha value is -2.47. The highest BCUT2D eigenvalue weighted by molar-refractivity contribution is 7.89. The summed E-state index contributed by atoms with van der Waals surface area (Å²) in [5.74, 6) is 0.131. The lowest BCUT2D eigenvalue weighted by molar-refractivity contribution is -0.126. The highest BCUT2D eigenvalue weighted by Crippen LogP contribution is 2.24. The zero-order chi connectivity index (χ0) is 24.1. The molecule has 180 valence electrons. The molecule has 2 aromatic carbocycles. The van der Waals surface area contributed by atoms with Gasteiger partial charge in [-0.1, -0.05) is 18.2 Å². The third-order valence-corrected chi connectivity index (χ3v) is 9.22. The van der Waals surface area contributed by atoms with Crippen LogP contribution < -0.4 is 10.1 Å². The van der Waals surface area contributed by atoms with Crippen molar-refractivity contribution < 1.29 is 26.4 Å². The van der Waals surface area contributed by atoms with Gasteiger partial charge in [0.2, 0.25) is 26.0 Å². The van der Waals surface area contributed by atoms with Crippen LogP contribution in [-0.4, -0.2) is 71.7 Å². The van der Waals surface area contributed by atoms with Crippen LogP contribution in [0.5, 0.6) is 5.75 Å². The summed E-state index contributed by atoms with van der Waals surface area (Å²) in [5, 5.41) is 2.82. The van der Waals surface area contributed by atoms with Gasteiger partial charge >= 0.3 is 0 Å². The van der Waals surface area contributed by atoms with Gasteiger partial charge in [0, 0.05) is 33.1 Å². The Kier molecular flexibility index (Phi) is 8.11. The lowest BCUT2D eigenvalue weighted by atomic mass is 9.97. The van der Waals surface area contributed by atoms with Crippen molar-refractivity contribution in [3.8, 4) is 5.75 Å². The normalized spacial score (nSPS) is 16.0. The summed E-state index contributed by atoms with van der Waals surface area (Å²) in [4.78, 5) is 12.9. The molecule has 0 saturated carbocycles. The van der Waals surface area contributed by atoms with Crippen LogP contribution in [0.4, 0.5) is 0 Å². The maximum atomic E-state index is 12.7. The number of nitrogens with one attached hydrogen (secondary N) is 1. The van der Waals surface area contributed by atoms with Crippen molar-refractivity contribution in [3.63, 3.8) is 0 Å². The largest absolute Gasteiger partial charge is 0.492 e. The number of piperidine rings is 1. The van der Waals surface area contributed by atoms with E-state index in [2.05, 4.69) is 5.32 Å². The van der Waals surface area contributed by atoms with Gasteiger partial charge < -0.3 is 10.1 Å². The Bertz CT molecular complexity index is 1140. The lowest BCUT2D eigenvalue weighted by Gasteiger charge is -2.30. The first-order valence-electron chi connectivity index (χ1n) is 10.6. The standard InChI is InChI=1S/C22H29N3O6S2/c1-24(2)32(27,28)21-10-8-19(9-11-21)31-17-14-23-22(26)18-12-15-25(16-13-18)33(29,30)20-6-4-3-5-7-20/h3-11,18H,12-17H2,1-2H3,(H,23,26). The maximum Gasteiger partial charge on any atom is 0.243 e. The van der Waals surface area contributed by atoms with Crippen LogP contribution in [-0.2, 0) is 24.8 Å². The zero-order valence-corrected chi connectivity index (χ0v) is 20.3. The molecular formula is C22H29N3O6S2. The summed E-state index contributed by atoms with van der Waals surface area (Å²) in [6, 6.07) is 14.4. The molecule has 2 aromatic rings. The summed E-state index contributed by atoms with van der Waals surface area (Å²) in [6.45, 7) is 1.12. The van der Waals surface area contributed by atoms with E-state index in [1.165, 1.54) is 30.5 Å². The number of nitrogens with zero attached hydrogens (tertiary/aromatic N) is 2. The molecule has 3 rings (SSSR count). The van der Waals surface area contributed by atoms with Crippen LogP contribution in [0.1, 0.15) is 12.8 Å². The van der Waals surface area contributed by atoms with Crippen LogP contribution in [0.2, 0.25) is 0 Å². The van der Waals surface area contributed by atoms with Gasteiger partial charge in [0.05, 0.1) is 16.3 Å². The van der Waals surface area contributed by atoms with E-state index in [0.29, 0.717) is 38.2 Å². The number of carbonyl (C=O) groups is 1. The number of amides is 1. The Labute approximate surface area is 195 Å². The van der Waals surface area contributed by atoms with Crippen molar-refractivity contribution >= 4 is 26.0 Å². The molecule has 1 heterocycles. The molecule has 0 aliphatic carbocycles. The van der Waals surface area contributed by atoms with Crippen LogP contribution in [0.25, 0.3) is 0 Å². The first kappa shape index (κ1) is 25.2. The van der Waals surface area contributed by atoms with E-state index in [1.807, 2.05) is 0 Å². The Morgan fingerprint density at radius 2 is 1.58 bits per heavy atom. The monoisotopic (exact) mass is 495 g/mol. The van der Waals surface area contributed by atoms with Gasteiger partial charge in [-0.2, -0.15) is 4.31 Å². The fourth-order valence-corrected chi connectivity index (χ4v) is 5.90. The van der Waals surface area contributed by atoms with E-state index < -0.39 is 20.0 Å². The van der Waals surface area contributed by atoms with Crippen molar-refractivity contribution in [1.29, 1.82) is 0 Å². The molecule has 1 aliphatic heterocycles. The minimum absolute atomic E-state index is 0.122. The van der Waals surface area contributed by atoms with E-state index in [0.717, 1.165) is 4.31 Å². The van der Waals surface area contributed by atoms with E-state index in [-0.39, 0.29) is 28.2 Å². The minimum atomic E-state index is -3.54. The number of hydrogen-bond acceptors (Lipinski definition) is 6. The van der Waals surface area contributed by atoms with Gasteiger partial charge in [-0.15, -0.1) is 0 Å². The molecule has 33 heavy (non-hydrogen) atoms. The molecule has 9 nitrogen and oxygen atoms in total. The first-order valence-corrected chi connectivity index (χ1v) is 13.5. The number of carbonyl (C=O) groups excluding carboxylic acids is 1. The second-order valence-corrected chi connectivity index (χ2v) is 12.0. The molecule has 0 spiro atoms. The van der Waals surface area contributed by atoms with Gasteiger partial charge in [-0.05, 0) is 49.2 Å². The maximum absolute atomic E-state index is 12.7. The highest BCUT2D eigenvalue weighted by Gasteiger charge is 2.31. The molecule has 1 amide bonds. The summed E-state index contributed by atoms with van der Waals surface area (Å²) in [6.07, 6.45) is 0.918. The van der Waals surface area contributed by atoms with Crippen LogP contribution in [0, 0.1) is 5.92 Å². The van der Waals surface area contributed by atoms with Crippen molar-refractivity contribution in [2.75, 3.05) is 40.3 Å². The molecule has 0 bridgehead atoms. The van der Waals surface area contributed by atoms with Gasteiger partial charge in [-0.3, -0.25) is 4.79 Å². The van der Waals surface area contributed by atoms with Gasteiger partial charge in [0.15, 0.2) is 0 Å². The first-order chi connectivity index (χ1) is 15.6. The van der Waals surface area contributed by atoms with E-state index in [9.17, 15) is 21.6 Å². The van der Waals surface area contributed by atoms with E-state index >= 15 is 0 Å². The molecule has 0 aromatic heterocycles. The molecular weight excluding hydrogens is 466 g/mol. The predicted molar refractivity (Wildman–Crippen MR) is 124 cm³/mol. The van der Waals surface area contributed by atoms with E-state index in [1.54, 1.807) is 42.5 Å². The molecule has 0 radical (unpaired) electrons. The second kappa shape index (κ2) is 10.6. The Morgan fingerprint density at radius 3 is 2.15 bits per heavy atom. The molecule has 0 unspecified atom stereocenters. The topological polar surface area (TPSA) is 113 Å². The summed E-state index contributed by atoms with van der Waals surface area (Å²) >= 11 is 0. The Balaban J connectivity index is 1.42. The fourth-order valence-electron chi connectivity index (χ4n) is 3.51. The summed E-state index contributed by atoms with van der Waals surface area (Å²) in [7, 11) is -4.10. The van der Waals surface area contributed by atoms with Crippen LogP contribution in [0.3, 0.4) is 0 Å². The number of ether oxygens (including phenoxy) is 1. The van der Waals surface area contributed by atoms with Crippen LogP contribution >= 0.6 is 0 Å². The summed E-state index contributed by atoms with van der Waals surface area (Å²) in [5.41, 5.74) is 0. The fraction of sp³-hybridized carbons (Fsp3) is 0.409. The molecule has 1 saturated heterocycles. The predicted octanol–water partition coefficient (Wildman–Crippen LogP) is 1.53. The number of sulfonamides is 2. The average molecular weight is 496 g/mol. The number of hydrogen-bond donors (Lipinski definition) is 1. The number of rotatable bonds is 9. The van der Waals surface area contributed by atoms with Crippen molar-refractivity contribution in [1.82, 2.24) is 13.9 Å². The van der Waals surface area contributed by atoms with Crippen molar-refractivity contribution in [2.45, 2.75) is 22.6 Å². The zero-order valence-electron chi connectivity index (χ0n) is 18.7. The molecule has 11 heteroatoms.